The van der Waals surface area contributed by atoms with Crippen LogP contribution < -0.4 is 5.32 Å². The Morgan fingerprint density at radius 3 is 2.29 bits per heavy atom. The fourth-order valence-corrected chi connectivity index (χ4v) is 4.90. The highest BCUT2D eigenvalue weighted by molar-refractivity contribution is 5.91. The van der Waals surface area contributed by atoms with Crippen LogP contribution >= 0.6 is 0 Å². The summed E-state index contributed by atoms with van der Waals surface area (Å²) in [4.78, 5) is 43.5. The maximum atomic E-state index is 13.8. The van der Waals surface area contributed by atoms with Gasteiger partial charge < -0.3 is 15.0 Å². The third-order valence-corrected chi connectivity index (χ3v) is 7.02. The van der Waals surface area contributed by atoms with Crippen molar-refractivity contribution < 1.29 is 19.1 Å². The molecule has 0 spiro atoms. The molecule has 1 saturated heterocycles. The van der Waals surface area contributed by atoms with Crippen molar-refractivity contribution in [2.45, 2.75) is 119 Å². The lowest BCUT2D eigenvalue weighted by atomic mass is 9.84. The minimum Gasteiger partial charge on any atom is -0.463 e. The summed E-state index contributed by atoms with van der Waals surface area (Å²) in [6, 6.07) is -0.851. The molecule has 1 fully saturated rings. The van der Waals surface area contributed by atoms with E-state index in [1.54, 1.807) is 31.9 Å². The van der Waals surface area contributed by atoms with Gasteiger partial charge in [0, 0.05) is 18.7 Å². The summed E-state index contributed by atoms with van der Waals surface area (Å²) >= 11 is 0. The molecule has 0 bridgehead atoms. The second kappa shape index (κ2) is 14.0. The highest BCUT2D eigenvalue weighted by Crippen LogP contribution is 2.26. The van der Waals surface area contributed by atoms with Crippen molar-refractivity contribution in [1.29, 1.82) is 0 Å². The molecule has 202 valence electrons. The molecule has 1 aliphatic rings. The monoisotopic (exact) mass is 493 g/mol. The number of nitrogens with one attached hydrogen (secondary N) is 1. The molecule has 1 unspecified atom stereocenters. The molecule has 4 atom stereocenters. The topological polar surface area (TPSA) is 79.0 Å². The van der Waals surface area contributed by atoms with Crippen LogP contribution in [-0.2, 0) is 19.1 Å². The van der Waals surface area contributed by atoms with Gasteiger partial charge in [-0.15, -0.1) is 0 Å². The van der Waals surface area contributed by atoms with E-state index in [1.807, 2.05) is 34.6 Å². The Morgan fingerprint density at radius 2 is 1.77 bits per heavy atom. The van der Waals surface area contributed by atoms with Gasteiger partial charge in [0.15, 0.2) is 0 Å². The zero-order valence-electron chi connectivity index (χ0n) is 23.9. The highest BCUT2D eigenvalue weighted by Gasteiger charge is 2.40. The van der Waals surface area contributed by atoms with Gasteiger partial charge in [0.05, 0.1) is 18.7 Å². The standard InChI is InChI=1S/C28H51N3O4/c1-11-15-21(6)31-17-14-13-16-22(31)25(32)29-24(28(7,8)9)26(33)30(10)23(19(3)4)18-20(5)27(34)35-12-2/h18-19,21-24H,11-17H2,1-10H3,(H,29,32)/b20-18+/t21?,22-,23-,24-/m1/s1. The minimum absolute atomic E-state index is 0.0614. The van der Waals surface area contributed by atoms with Gasteiger partial charge in [0.2, 0.25) is 11.8 Å². The Balaban J connectivity index is 3.16. The van der Waals surface area contributed by atoms with Crippen LogP contribution in [-0.4, -0.2) is 72.0 Å². The van der Waals surface area contributed by atoms with Crippen molar-refractivity contribution in [2.24, 2.45) is 11.3 Å². The number of amides is 2. The van der Waals surface area contributed by atoms with E-state index in [1.165, 1.54) is 0 Å². The van der Waals surface area contributed by atoms with Crippen molar-refractivity contribution in [3.63, 3.8) is 0 Å². The zero-order valence-corrected chi connectivity index (χ0v) is 23.9. The number of ether oxygens (including phenoxy) is 1. The van der Waals surface area contributed by atoms with E-state index in [2.05, 4.69) is 24.1 Å². The SMILES string of the molecule is CCCC(C)N1CCCC[C@@H]1C(=O)N[C@H](C(=O)N(C)[C@H](/C=C(\C)C(=O)OCC)C(C)C)C(C)(C)C. The summed E-state index contributed by atoms with van der Waals surface area (Å²) in [7, 11) is 1.75. The number of nitrogens with zero attached hydrogens (tertiary/aromatic N) is 2. The van der Waals surface area contributed by atoms with Crippen LogP contribution in [0.1, 0.15) is 94.4 Å². The van der Waals surface area contributed by atoms with Crippen molar-refractivity contribution in [3.8, 4) is 0 Å². The van der Waals surface area contributed by atoms with Gasteiger partial charge in [-0.1, -0.05) is 60.5 Å². The molecule has 0 aromatic heterocycles. The second-order valence-corrected chi connectivity index (χ2v) is 11.4. The number of likely N-dealkylation sites (tertiary alicyclic amines) is 1. The van der Waals surface area contributed by atoms with E-state index in [4.69, 9.17) is 4.74 Å². The normalized spacial score (nSPS) is 20.2. The average Bonchev–Trinajstić information content (AvgIpc) is 2.79. The smallest absolute Gasteiger partial charge is 0.333 e. The lowest BCUT2D eigenvalue weighted by Gasteiger charge is -2.41. The Morgan fingerprint density at radius 1 is 1.14 bits per heavy atom. The van der Waals surface area contributed by atoms with E-state index < -0.39 is 11.5 Å². The number of rotatable bonds is 11. The molecule has 1 rings (SSSR count). The number of likely N-dealkylation sites (N-methyl/N-ethyl adjacent to an activating group) is 1. The van der Waals surface area contributed by atoms with Gasteiger partial charge in [0.1, 0.15) is 6.04 Å². The predicted molar refractivity (Wildman–Crippen MR) is 142 cm³/mol. The molecule has 0 saturated carbocycles. The molecular weight excluding hydrogens is 442 g/mol. The molecule has 0 radical (unpaired) electrons. The maximum Gasteiger partial charge on any atom is 0.333 e. The average molecular weight is 494 g/mol. The van der Waals surface area contributed by atoms with E-state index in [9.17, 15) is 14.4 Å². The molecule has 1 N–H and O–H groups in total. The van der Waals surface area contributed by atoms with E-state index >= 15 is 0 Å². The van der Waals surface area contributed by atoms with Crippen molar-refractivity contribution in [1.82, 2.24) is 15.1 Å². The minimum atomic E-state index is -0.678. The van der Waals surface area contributed by atoms with Gasteiger partial charge in [-0.3, -0.25) is 14.5 Å². The Bertz CT molecular complexity index is 741. The van der Waals surface area contributed by atoms with Crippen LogP contribution in [0.4, 0.5) is 0 Å². The van der Waals surface area contributed by atoms with E-state index in [0.29, 0.717) is 18.2 Å². The molecule has 0 aromatic carbocycles. The Labute approximate surface area is 214 Å². The number of hydrogen-bond donors (Lipinski definition) is 1. The van der Waals surface area contributed by atoms with Crippen LogP contribution in [0.15, 0.2) is 11.6 Å². The molecule has 0 aromatic rings. The summed E-state index contributed by atoms with van der Waals surface area (Å²) in [6.07, 6.45) is 6.87. The van der Waals surface area contributed by atoms with E-state index in [-0.39, 0.29) is 35.8 Å². The molecule has 1 heterocycles. The largest absolute Gasteiger partial charge is 0.463 e. The molecule has 2 amide bonds. The van der Waals surface area contributed by atoms with Gasteiger partial charge in [-0.2, -0.15) is 0 Å². The lowest BCUT2D eigenvalue weighted by Crippen LogP contribution is -2.60. The quantitative estimate of drug-likeness (QED) is 0.337. The van der Waals surface area contributed by atoms with Crippen molar-refractivity contribution in [2.75, 3.05) is 20.2 Å². The lowest BCUT2D eigenvalue weighted by molar-refractivity contribution is -0.142. The Hall–Kier alpha value is -1.89. The summed E-state index contributed by atoms with van der Waals surface area (Å²) in [5.41, 5.74) is 0.000973. The Kier molecular flexibility index (Phi) is 12.5. The number of hydrogen-bond acceptors (Lipinski definition) is 5. The van der Waals surface area contributed by atoms with Gasteiger partial charge >= 0.3 is 5.97 Å². The second-order valence-electron chi connectivity index (χ2n) is 11.4. The van der Waals surface area contributed by atoms with Crippen LogP contribution in [0.3, 0.4) is 0 Å². The molecule has 1 aliphatic heterocycles. The molecule has 7 nitrogen and oxygen atoms in total. The molecule has 7 heteroatoms. The van der Waals surface area contributed by atoms with Gasteiger partial charge in [0.25, 0.3) is 0 Å². The van der Waals surface area contributed by atoms with Crippen molar-refractivity contribution >= 4 is 17.8 Å². The van der Waals surface area contributed by atoms with Crippen LogP contribution in [0.25, 0.3) is 0 Å². The third-order valence-electron chi connectivity index (χ3n) is 7.02. The molecular formula is C28H51N3O4. The number of carbonyl (C=O) groups is 3. The van der Waals surface area contributed by atoms with Gasteiger partial charge in [-0.05, 0) is 57.9 Å². The predicted octanol–water partition coefficient (Wildman–Crippen LogP) is 4.55. The summed E-state index contributed by atoms with van der Waals surface area (Å²) < 4.78 is 5.12. The van der Waals surface area contributed by atoms with Crippen LogP contribution in [0.5, 0.6) is 0 Å². The summed E-state index contributed by atoms with van der Waals surface area (Å²) in [6.45, 7) is 19.0. The fourth-order valence-electron chi connectivity index (χ4n) is 4.90. The summed E-state index contributed by atoms with van der Waals surface area (Å²) in [5.74, 6) is -0.512. The maximum absolute atomic E-state index is 13.8. The van der Waals surface area contributed by atoms with Gasteiger partial charge in [-0.25, -0.2) is 4.79 Å². The first-order valence-electron chi connectivity index (χ1n) is 13.4. The number of esters is 1. The summed E-state index contributed by atoms with van der Waals surface area (Å²) in [5, 5.41) is 3.14. The molecule has 0 aliphatic carbocycles. The van der Waals surface area contributed by atoms with Crippen LogP contribution in [0.2, 0.25) is 0 Å². The molecule has 35 heavy (non-hydrogen) atoms. The number of carbonyl (C=O) groups excluding carboxylic acids is 3. The van der Waals surface area contributed by atoms with Crippen LogP contribution in [0, 0.1) is 11.3 Å². The van der Waals surface area contributed by atoms with E-state index in [0.717, 1.165) is 38.6 Å². The fraction of sp³-hybridized carbons (Fsp3) is 0.821. The first-order chi connectivity index (χ1) is 16.3. The van der Waals surface area contributed by atoms with Crippen molar-refractivity contribution in [3.05, 3.63) is 11.6 Å². The third kappa shape index (κ3) is 8.93. The number of piperidine rings is 1. The highest BCUT2D eigenvalue weighted by atomic mass is 16.5. The first kappa shape index (κ1) is 31.1. The first-order valence-corrected chi connectivity index (χ1v) is 13.4. The zero-order chi connectivity index (χ0) is 26.9.